The molecule has 0 unspecified atom stereocenters. The minimum atomic E-state index is 0.0370. The van der Waals surface area contributed by atoms with Crippen molar-refractivity contribution in [3.05, 3.63) is 54.0 Å². The zero-order chi connectivity index (χ0) is 12.5. The van der Waals surface area contributed by atoms with Gasteiger partial charge in [-0.25, -0.2) is 0 Å². The van der Waals surface area contributed by atoms with E-state index < -0.39 is 0 Å². The van der Waals surface area contributed by atoms with Gasteiger partial charge in [0.1, 0.15) is 5.76 Å². The van der Waals surface area contributed by atoms with Crippen molar-refractivity contribution in [3.63, 3.8) is 0 Å². The lowest BCUT2D eigenvalue weighted by Gasteiger charge is -2.22. The maximum Gasteiger partial charge on any atom is 0.262 e. The third-order valence-electron chi connectivity index (χ3n) is 3.25. The van der Waals surface area contributed by atoms with Gasteiger partial charge < -0.3 is 9.32 Å². The molecule has 1 aliphatic rings. The molecule has 1 amide bonds. The first kappa shape index (κ1) is 11.1. The van der Waals surface area contributed by atoms with Gasteiger partial charge in [-0.3, -0.25) is 4.79 Å². The van der Waals surface area contributed by atoms with E-state index in [0.717, 1.165) is 18.5 Å². The first-order valence-electron chi connectivity index (χ1n) is 6.20. The molecule has 2 aromatic rings. The molecule has 0 saturated heterocycles. The number of amides is 1. The molecule has 0 N–H and O–H groups in total. The lowest BCUT2D eigenvalue weighted by Crippen LogP contribution is -2.33. The normalized spacial score (nSPS) is 14.5. The number of anilines is 1. The fourth-order valence-corrected chi connectivity index (χ4v) is 2.15. The summed E-state index contributed by atoms with van der Waals surface area (Å²) in [5, 5.41) is 0. The molecule has 0 aliphatic heterocycles. The number of nitrogens with zero attached hydrogens (tertiary/aromatic N) is 1. The van der Waals surface area contributed by atoms with E-state index in [9.17, 15) is 4.79 Å². The zero-order valence-corrected chi connectivity index (χ0v) is 10.3. The molecule has 0 bridgehead atoms. The van der Waals surface area contributed by atoms with Crippen LogP contribution in [0.25, 0.3) is 0 Å². The fourth-order valence-electron chi connectivity index (χ4n) is 2.15. The summed E-state index contributed by atoms with van der Waals surface area (Å²) < 4.78 is 5.22. The summed E-state index contributed by atoms with van der Waals surface area (Å²) >= 11 is 0. The van der Waals surface area contributed by atoms with Gasteiger partial charge in [-0.1, -0.05) is 18.2 Å². The molecule has 0 radical (unpaired) electrons. The average molecular weight is 241 g/mol. The van der Waals surface area contributed by atoms with E-state index in [1.165, 1.54) is 0 Å². The van der Waals surface area contributed by atoms with Gasteiger partial charge in [0, 0.05) is 11.7 Å². The van der Waals surface area contributed by atoms with Gasteiger partial charge in [-0.05, 0) is 38.0 Å². The molecule has 1 aliphatic carbocycles. The fraction of sp³-hybridized carbons (Fsp3) is 0.267. The zero-order valence-electron chi connectivity index (χ0n) is 10.3. The van der Waals surface area contributed by atoms with Crippen LogP contribution in [0.5, 0.6) is 0 Å². The van der Waals surface area contributed by atoms with E-state index in [1.54, 1.807) is 12.3 Å². The van der Waals surface area contributed by atoms with E-state index in [1.807, 2.05) is 42.2 Å². The minimum absolute atomic E-state index is 0.0370. The Balaban J connectivity index is 1.96. The second kappa shape index (κ2) is 4.33. The van der Waals surface area contributed by atoms with E-state index in [2.05, 4.69) is 0 Å². The lowest BCUT2D eigenvalue weighted by molar-refractivity contribution is 0.0984. The molecule has 1 fully saturated rings. The Labute approximate surface area is 106 Å². The van der Waals surface area contributed by atoms with Gasteiger partial charge >= 0.3 is 0 Å². The largest absolute Gasteiger partial charge is 0.469 e. The van der Waals surface area contributed by atoms with Crippen LogP contribution < -0.4 is 4.90 Å². The van der Waals surface area contributed by atoms with Crippen molar-refractivity contribution in [1.82, 2.24) is 0 Å². The Hall–Kier alpha value is -2.03. The van der Waals surface area contributed by atoms with Gasteiger partial charge in [0.05, 0.1) is 11.8 Å². The Bertz CT molecular complexity index is 555. The number of carbonyl (C=O) groups is 1. The van der Waals surface area contributed by atoms with Crippen LogP contribution >= 0.6 is 0 Å². The van der Waals surface area contributed by atoms with Crippen LogP contribution in [0.3, 0.4) is 0 Å². The maximum atomic E-state index is 12.6. The van der Waals surface area contributed by atoms with Crippen LogP contribution in [-0.2, 0) is 0 Å². The molecule has 3 nitrogen and oxygen atoms in total. The first-order chi connectivity index (χ1) is 8.77. The second-order valence-electron chi connectivity index (χ2n) is 4.63. The van der Waals surface area contributed by atoms with Crippen LogP contribution in [0, 0.1) is 6.92 Å². The van der Waals surface area contributed by atoms with Crippen molar-refractivity contribution in [3.8, 4) is 0 Å². The minimum Gasteiger partial charge on any atom is -0.469 e. The van der Waals surface area contributed by atoms with Crippen LogP contribution in [0.1, 0.15) is 29.0 Å². The van der Waals surface area contributed by atoms with Gasteiger partial charge in [0.2, 0.25) is 0 Å². The Kier molecular flexibility index (Phi) is 2.67. The van der Waals surface area contributed by atoms with Crippen LogP contribution in [0.4, 0.5) is 5.69 Å². The van der Waals surface area contributed by atoms with Crippen LogP contribution in [0.2, 0.25) is 0 Å². The quantitative estimate of drug-likeness (QED) is 0.825. The molecule has 0 atom stereocenters. The van der Waals surface area contributed by atoms with Crippen molar-refractivity contribution < 1.29 is 9.21 Å². The topological polar surface area (TPSA) is 33.5 Å². The smallest absolute Gasteiger partial charge is 0.262 e. The molecule has 92 valence electrons. The number of aryl methyl sites for hydroxylation is 1. The highest BCUT2D eigenvalue weighted by Crippen LogP contribution is 2.33. The summed E-state index contributed by atoms with van der Waals surface area (Å²) in [4.78, 5) is 14.5. The average Bonchev–Trinajstić information content (AvgIpc) is 3.12. The molecule has 0 spiro atoms. The van der Waals surface area contributed by atoms with Gasteiger partial charge in [0.25, 0.3) is 5.91 Å². The highest BCUT2D eigenvalue weighted by Gasteiger charge is 2.35. The summed E-state index contributed by atoms with van der Waals surface area (Å²) in [6.07, 6.45) is 3.73. The maximum absolute atomic E-state index is 12.6. The number of hydrogen-bond donors (Lipinski definition) is 0. The van der Waals surface area contributed by atoms with Crippen LogP contribution in [-0.4, -0.2) is 11.9 Å². The van der Waals surface area contributed by atoms with Gasteiger partial charge in [0.15, 0.2) is 0 Å². The van der Waals surface area contributed by atoms with E-state index >= 15 is 0 Å². The Morgan fingerprint density at radius 1 is 1.22 bits per heavy atom. The van der Waals surface area contributed by atoms with Crippen molar-refractivity contribution in [2.45, 2.75) is 25.8 Å². The standard InChI is InChI=1S/C15H15NO2/c1-11-14(9-10-18-11)15(17)16(13-7-8-13)12-5-3-2-4-6-12/h2-6,9-10,13H,7-8H2,1H3. The Morgan fingerprint density at radius 2 is 1.94 bits per heavy atom. The van der Waals surface area contributed by atoms with E-state index in [4.69, 9.17) is 4.42 Å². The number of benzene rings is 1. The molecular formula is C15H15NO2. The molecule has 1 aromatic carbocycles. The number of carbonyl (C=O) groups excluding carboxylic acids is 1. The SMILES string of the molecule is Cc1occc1C(=O)N(c1ccccc1)C1CC1. The molecular weight excluding hydrogens is 226 g/mol. The van der Waals surface area contributed by atoms with Crippen LogP contribution in [0.15, 0.2) is 47.1 Å². The second-order valence-corrected chi connectivity index (χ2v) is 4.63. The van der Waals surface area contributed by atoms with Gasteiger partial charge in [-0.15, -0.1) is 0 Å². The molecule has 18 heavy (non-hydrogen) atoms. The Morgan fingerprint density at radius 3 is 2.50 bits per heavy atom. The highest BCUT2D eigenvalue weighted by atomic mass is 16.3. The number of hydrogen-bond acceptors (Lipinski definition) is 2. The van der Waals surface area contributed by atoms with Crippen molar-refractivity contribution >= 4 is 11.6 Å². The molecule has 3 rings (SSSR count). The summed E-state index contributed by atoms with van der Waals surface area (Å²) in [7, 11) is 0. The van der Waals surface area contributed by atoms with Crippen molar-refractivity contribution in [2.75, 3.05) is 4.90 Å². The molecule has 1 saturated carbocycles. The third kappa shape index (κ3) is 1.92. The summed E-state index contributed by atoms with van der Waals surface area (Å²) in [5.74, 6) is 0.719. The lowest BCUT2D eigenvalue weighted by atomic mass is 10.2. The van der Waals surface area contributed by atoms with Crippen molar-refractivity contribution in [1.29, 1.82) is 0 Å². The number of para-hydroxylation sites is 1. The van der Waals surface area contributed by atoms with Gasteiger partial charge in [-0.2, -0.15) is 0 Å². The predicted octanol–water partition coefficient (Wildman–Crippen LogP) is 3.40. The number of furan rings is 1. The number of rotatable bonds is 3. The predicted molar refractivity (Wildman–Crippen MR) is 69.7 cm³/mol. The highest BCUT2D eigenvalue weighted by molar-refractivity contribution is 6.07. The summed E-state index contributed by atoms with van der Waals surface area (Å²) in [6, 6.07) is 11.9. The third-order valence-corrected chi connectivity index (χ3v) is 3.25. The molecule has 1 aromatic heterocycles. The monoisotopic (exact) mass is 241 g/mol. The first-order valence-corrected chi connectivity index (χ1v) is 6.20. The van der Waals surface area contributed by atoms with E-state index in [-0.39, 0.29) is 5.91 Å². The molecule has 1 heterocycles. The van der Waals surface area contributed by atoms with Crippen molar-refractivity contribution in [2.24, 2.45) is 0 Å². The summed E-state index contributed by atoms with van der Waals surface area (Å²) in [5.41, 5.74) is 1.62. The summed E-state index contributed by atoms with van der Waals surface area (Å²) in [6.45, 7) is 1.82. The molecule has 3 heteroatoms. The van der Waals surface area contributed by atoms with E-state index in [0.29, 0.717) is 17.4 Å².